The van der Waals surface area contributed by atoms with E-state index in [9.17, 15) is 14.4 Å². The molecular weight excluding hydrogens is 344 g/mol. The molecule has 2 saturated heterocycles. The van der Waals surface area contributed by atoms with E-state index in [4.69, 9.17) is 0 Å². The molecule has 2 amide bonds. The van der Waals surface area contributed by atoms with Crippen LogP contribution in [0.2, 0.25) is 0 Å². The third kappa shape index (κ3) is 3.52. The first kappa shape index (κ1) is 18.2. The second kappa shape index (κ2) is 7.46. The normalized spacial score (nSPS) is 29.7. The number of carbonyl (C=O) groups is 2. The first-order valence-corrected chi connectivity index (χ1v) is 10.00. The van der Waals surface area contributed by atoms with Crippen molar-refractivity contribution in [3.63, 3.8) is 0 Å². The molecule has 4 rings (SSSR count). The van der Waals surface area contributed by atoms with Gasteiger partial charge in [-0.15, -0.1) is 0 Å². The van der Waals surface area contributed by atoms with Crippen molar-refractivity contribution in [3.05, 3.63) is 34.2 Å². The predicted molar refractivity (Wildman–Crippen MR) is 101 cm³/mol. The summed E-state index contributed by atoms with van der Waals surface area (Å²) >= 11 is 0. The van der Waals surface area contributed by atoms with Gasteiger partial charge in [0.05, 0.1) is 12.0 Å². The molecule has 0 aromatic carbocycles. The van der Waals surface area contributed by atoms with E-state index in [0.717, 1.165) is 38.0 Å². The Balaban J connectivity index is 1.61. The molecule has 27 heavy (non-hydrogen) atoms. The monoisotopic (exact) mass is 372 g/mol. The largest absolute Gasteiger partial charge is 0.354 e. The minimum absolute atomic E-state index is 0.0196. The summed E-state index contributed by atoms with van der Waals surface area (Å²) in [6.07, 6.45) is 2.95. The molecule has 0 unspecified atom stereocenters. The molecule has 0 spiro atoms. The van der Waals surface area contributed by atoms with Gasteiger partial charge in [0.15, 0.2) is 0 Å². The number of hydrogen-bond acceptors (Lipinski definition) is 4. The van der Waals surface area contributed by atoms with Crippen LogP contribution in [0.15, 0.2) is 23.0 Å². The number of likely N-dealkylation sites (tertiary alicyclic amines) is 1. The highest BCUT2D eigenvalue weighted by molar-refractivity contribution is 5.79. The number of hydrogen-bond donors (Lipinski definition) is 2. The number of pyridine rings is 1. The molecule has 2 bridgehead atoms. The second-order valence-electron chi connectivity index (χ2n) is 8.14. The molecule has 7 heteroatoms. The second-order valence-corrected chi connectivity index (χ2v) is 8.14. The number of rotatable bonds is 3. The fourth-order valence-corrected chi connectivity index (χ4v) is 5.05. The van der Waals surface area contributed by atoms with Crippen LogP contribution in [0.3, 0.4) is 0 Å². The van der Waals surface area contributed by atoms with Crippen LogP contribution in [0, 0.1) is 11.8 Å². The number of nitrogens with one attached hydrogen (secondary N) is 2. The molecule has 4 atom stereocenters. The van der Waals surface area contributed by atoms with Crippen molar-refractivity contribution in [1.29, 1.82) is 0 Å². The maximum absolute atomic E-state index is 13.1. The summed E-state index contributed by atoms with van der Waals surface area (Å²) in [5.41, 5.74) is 0.974. The first-order chi connectivity index (χ1) is 13.0. The van der Waals surface area contributed by atoms with Gasteiger partial charge in [-0.05, 0) is 37.8 Å². The smallest absolute Gasteiger partial charge is 0.251 e. The van der Waals surface area contributed by atoms with E-state index in [-0.39, 0.29) is 41.2 Å². The maximum atomic E-state index is 13.1. The lowest BCUT2D eigenvalue weighted by molar-refractivity contribution is -0.139. The van der Waals surface area contributed by atoms with Gasteiger partial charge in [-0.3, -0.25) is 14.4 Å². The van der Waals surface area contributed by atoms with Crippen molar-refractivity contribution in [2.75, 3.05) is 32.7 Å². The van der Waals surface area contributed by atoms with Crippen molar-refractivity contribution in [2.45, 2.75) is 38.1 Å². The van der Waals surface area contributed by atoms with Gasteiger partial charge in [0.1, 0.15) is 0 Å². The van der Waals surface area contributed by atoms with Crippen molar-refractivity contribution >= 4 is 11.8 Å². The van der Waals surface area contributed by atoms with E-state index in [1.807, 2.05) is 15.5 Å². The SMILES string of the molecule is CC(=O)NC[C@H]1[C@H]2C[C@H](CN(C(=O)[C@@H]3CCCNC3)C2)c2cccc(=O)n21. The van der Waals surface area contributed by atoms with Gasteiger partial charge in [0.25, 0.3) is 5.56 Å². The fraction of sp³-hybridized carbons (Fsp3) is 0.650. The van der Waals surface area contributed by atoms with Crippen LogP contribution >= 0.6 is 0 Å². The number of aromatic nitrogens is 1. The minimum atomic E-state index is -0.103. The summed E-state index contributed by atoms with van der Waals surface area (Å²) < 4.78 is 1.86. The van der Waals surface area contributed by atoms with Gasteiger partial charge in [0.2, 0.25) is 11.8 Å². The molecular formula is C20H28N4O3. The Morgan fingerprint density at radius 3 is 2.89 bits per heavy atom. The summed E-state index contributed by atoms with van der Waals surface area (Å²) in [7, 11) is 0. The Morgan fingerprint density at radius 2 is 2.15 bits per heavy atom. The Labute approximate surface area is 159 Å². The van der Waals surface area contributed by atoms with E-state index >= 15 is 0 Å². The van der Waals surface area contributed by atoms with Crippen molar-refractivity contribution in [3.8, 4) is 0 Å². The molecule has 7 nitrogen and oxygen atoms in total. The van der Waals surface area contributed by atoms with Gasteiger partial charge in [-0.25, -0.2) is 0 Å². The van der Waals surface area contributed by atoms with Gasteiger partial charge < -0.3 is 20.1 Å². The standard InChI is InChI=1S/C20H28N4O3/c1-13(25)22-10-18-16-8-15(17-5-2-6-19(26)24(17)18)11-23(12-16)20(27)14-4-3-7-21-9-14/h2,5-6,14-16,18,21H,3-4,7-12H2,1H3,(H,22,25)/t14-,15-,16+,18+/m1/s1. The Hall–Kier alpha value is -2.15. The number of nitrogens with zero attached hydrogens (tertiary/aromatic N) is 2. The molecule has 1 aromatic rings. The third-order valence-electron chi connectivity index (χ3n) is 6.32. The van der Waals surface area contributed by atoms with E-state index < -0.39 is 0 Å². The van der Waals surface area contributed by atoms with Crippen molar-refractivity contribution in [1.82, 2.24) is 20.1 Å². The first-order valence-electron chi connectivity index (χ1n) is 10.00. The molecule has 3 aliphatic heterocycles. The lowest BCUT2D eigenvalue weighted by Crippen LogP contribution is -2.55. The fourth-order valence-electron chi connectivity index (χ4n) is 5.05. The highest BCUT2D eigenvalue weighted by atomic mass is 16.2. The summed E-state index contributed by atoms with van der Waals surface area (Å²) in [6, 6.07) is 5.28. The topological polar surface area (TPSA) is 83.4 Å². The summed E-state index contributed by atoms with van der Waals surface area (Å²) in [5, 5.41) is 6.21. The van der Waals surface area contributed by atoms with Crippen molar-refractivity contribution < 1.29 is 9.59 Å². The van der Waals surface area contributed by atoms with Crippen LogP contribution < -0.4 is 16.2 Å². The predicted octanol–water partition coefficient (Wildman–Crippen LogP) is 0.471. The average Bonchev–Trinajstić information content (AvgIpc) is 2.68. The molecule has 146 valence electrons. The molecule has 2 fully saturated rings. The van der Waals surface area contributed by atoms with Gasteiger partial charge in [-0.1, -0.05) is 6.07 Å². The number of amides is 2. The van der Waals surface area contributed by atoms with E-state index in [1.54, 1.807) is 12.1 Å². The van der Waals surface area contributed by atoms with E-state index in [2.05, 4.69) is 10.6 Å². The van der Waals surface area contributed by atoms with Crippen LogP contribution in [0.25, 0.3) is 0 Å². The number of fused-ring (bicyclic) bond motifs is 4. The third-order valence-corrected chi connectivity index (χ3v) is 6.32. The lowest BCUT2D eigenvalue weighted by atomic mass is 9.78. The molecule has 3 aliphatic rings. The number of piperidine rings is 2. The molecule has 0 saturated carbocycles. The molecule has 2 N–H and O–H groups in total. The zero-order chi connectivity index (χ0) is 19.0. The van der Waals surface area contributed by atoms with Crippen LogP contribution in [0.1, 0.15) is 43.8 Å². The number of carbonyl (C=O) groups excluding carboxylic acids is 2. The van der Waals surface area contributed by atoms with E-state index in [0.29, 0.717) is 19.6 Å². The average molecular weight is 372 g/mol. The van der Waals surface area contributed by atoms with Gasteiger partial charge >= 0.3 is 0 Å². The van der Waals surface area contributed by atoms with Crippen LogP contribution in [0.4, 0.5) is 0 Å². The highest BCUT2D eigenvalue weighted by Crippen LogP contribution is 2.41. The van der Waals surface area contributed by atoms with Crippen molar-refractivity contribution in [2.24, 2.45) is 11.8 Å². The minimum Gasteiger partial charge on any atom is -0.354 e. The highest BCUT2D eigenvalue weighted by Gasteiger charge is 2.42. The Bertz CT molecular complexity index is 784. The molecule has 0 aliphatic carbocycles. The van der Waals surface area contributed by atoms with Gasteiger partial charge in [0, 0.05) is 50.8 Å². The maximum Gasteiger partial charge on any atom is 0.251 e. The van der Waals surface area contributed by atoms with E-state index in [1.165, 1.54) is 6.92 Å². The van der Waals surface area contributed by atoms with Crippen LogP contribution in [-0.2, 0) is 9.59 Å². The molecule has 4 heterocycles. The van der Waals surface area contributed by atoms with Crippen LogP contribution in [0.5, 0.6) is 0 Å². The molecule has 0 radical (unpaired) electrons. The lowest BCUT2D eigenvalue weighted by Gasteiger charge is -2.47. The summed E-state index contributed by atoms with van der Waals surface area (Å²) in [6.45, 7) is 5.02. The zero-order valence-corrected chi connectivity index (χ0v) is 15.8. The quantitative estimate of drug-likeness (QED) is 0.808. The zero-order valence-electron chi connectivity index (χ0n) is 15.8. The molecule has 1 aromatic heterocycles. The van der Waals surface area contributed by atoms with Crippen LogP contribution in [-0.4, -0.2) is 54.0 Å². The Kier molecular flexibility index (Phi) is 5.04. The van der Waals surface area contributed by atoms with Gasteiger partial charge in [-0.2, -0.15) is 0 Å². The summed E-state index contributed by atoms with van der Waals surface area (Å²) in [4.78, 5) is 39.1. The Morgan fingerprint density at radius 1 is 1.30 bits per heavy atom. The summed E-state index contributed by atoms with van der Waals surface area (Å²) in [5.74, 6) is 0.571.